The second-order valence-electron chi connectivity index (χ2n) is 4.67. The Morgan fingerprint density at radius 2 is 1.83 bits per heavy atom. The monoisotopic (exact) mass is 251 g/mol. The summed E-state index contributed by atoms with van der Waals surface area (Å²) in [6.07, 6.45) is 0.00632. The number of carbonyl (C=O) groups is 1. The fourth-order valence-electron chi connectivity index (χ4n) is 2.18. The van der Waals surface area contributed by atoms with E-state index in [0.29, 0.717) is 18.7 Å². The normalized spacial score (nSPS) is 24.0. The van der Waals surface area contributed by atoms with Crippen LogP contribution in [0.15, 0.2) is 18.2 Å². The molecule has 0 spiro atoms. The first-order valence-electron chi connectivity index (χ1n) is 5.94. The predicted molar refractivity (Wildman–Crippen MR) is 65.7 cm³/mol. The van der Waals surface area contributed by atoms with Crippen molar-refractivity contribution in [2.45, 2.75) is 26.1 Å². The lowest BCUT2D eigenvalue weighted by Gasteiger charge is -2.35. The fourth-order valence-corrected chi connectivity index (χ4v) is 2.18. The van der Waals surface area contributed by atoms with Gasteiger partial charge in [-0.05, 0) is 32.0 Å². The maximum atomic E-state index is 12.2. The number of phenols is 2. The maximum Gasteiger partial charge on any atom is 0.254 e. The van der Waals surface area contributed by atoms with Gasteiger partial charge in [0, 0.05) is 18.7 Å². The zero-order valence-electron chi connectivity index (χ0n) is 10.5. The first kappa shape index (κ1) is 12.7. The smallest absolute Gasteiger partial charge is 0.254 e. The van der Waals surface area contributed by atoms with Gasteiger partial charge in [0.25, 0.3) is 5.91 Å². The Morgan fingerprint density at radius 3 is 2.39 bits per heavy atom. The predicted octanol–water partition coefficient (Wildman–Crippen LogP) is 1.35. The molecule has 1 amide bonds. The summed E-state index contributed by atoms with van der Waals surface area (Å²) in [7, 11) is 0. The van der Waals surface area contributed by atoms with Crippen molar-refractivity contribution in [3.63, 3.8) is 0 Å². The number of aromatic hydroxyl groups is 2. The Hall–Kier alpha value is -1.75. The number of hydrogen-bond acceptors (Lipinski definition) is 4. The molecule has 1 aromatic carbocycles. The van der Waals surface area contributed by atoms with Crippen LogP contribution in [0.4, 0.5) is 0 Å². The van der Waals surface area contributed by atoms with Gasteiger partial charge in [0.1, 0.15) is 0 Å². The molecule has 1 aliphatic rings. The van der Waals surface area contributed by atoms with Crippen LogP contribution in [0, 0.1) is 0 Å². The molecule has 1 saturated heterocycles. The topological polar surface area (TPSA) is 70.0 Å². The van der Waals surface area contributed by atoms with Crippen LogP contribution in [-0.4, -0.2) is 46.3 Å². The van der Waals surface area contributed by atoms with Crippen molar-refractivity contribution in [3.05, 3.63) is 23.8 Å². The first-order chi connectivity index (χ1) is 8.47. The van der Waals surface area contributed by atoms with Crippen LogP contribution in [0.2, 0.25) is 0 Å². The second-order valence-corrected chi connectivity index (χ2v) is 4.67. The van der Waals surface area contributed by atoms with Gasteiger partial charge in [-0.15, -0.1) is 0 Å². The third kappa shape index (κ3) is 2.56. The van der Waals surface area contributed by atoms with Crippen LogP contribution in [-0.2, 0) is 4.74 Å². The average molecular weight is 251 g/mol. The third-order valence-corrected chi connectivity index (χ3v) is 2.93. The van der Waals surface area contributed by atoms with E-state index < -0.39 is 0 Å². The molecular weight excluding hydrogens is 234 g/mol. The van der Waals surface area contributed by atoms with Crippen molar-refractivity contribution in [3.8, 4) is 11.5 Å². The van der Waals surface area contributed by atoms with Crippen LogP contribution in [0.3, 0.4) is 0 Å². The summed E-state index contributed by atoms with van der Waals surface area (Å²) in [5.74, 6) is -0.669. The SMILES string of the molecule is C[C@@H]1CN(C(=O)c2ccc(O)c(O)c2)C[C@H](C)O1. The minimum atomic E-state index is -0.282. The van der Waals surface area contributed by atoms with E-state index in [1.807, 2.05) is 13.8 Å². The molecular formula is C13H17NO4. The molecule has 5 nitrogen and oxygen atoms in total. The van der Waals surface area contributed by atoms with Gasteiger partial charge >= 0.3 is 0 Å². The van der Waals surface area contributed by atoms with Crippen molar-refractivity contribution in [2.75, 3.05) is 13.1 Å². The highest BCUT2D eigenvalue weighted by Gasteiger charge is 2.26. The summed E-state index contributed by atoms with van der Waals surface area (Å²) >= 11 is 0. The molecule has 0 unspecified atom stereocenters. The summed E-state index contributed by atoms with van der Waals surface area (Å²) in [5.41, 5.74) is 0.367. The molecule has 1 aromatic rings. The molecule has 0 bridgehead atoms. The molecule has 98 valence electrons. The van der Waals surface area contributed by atoms with Crippen molar-refractivity contribution in [2.24, 2.45) is 0 Å². The molecule has 0 saturated carbocycles. The lowest BCUT2D eigenvalue weighted by atomic mass is 10.1. The summed E-state index contributed by atoms with van der Waals surface area (Å²) < 4.78 is 5.56. The molecule has 2 N–H and O–H groups in total. The fraction of sp³-hybridized carbons (Fsp3) is 0.462. The summed E-state index contributed by atoms with van der Waals surface area (Å²) in [6.45, 7) is 4.91. The van der Waals surface area contributed by atoms with Gasteiger partial charge in [-0.25, -0.2) is 0 Å². The molecule has 1 heterocycles. The lowest BCUT2D eigenvalue weighted by Crippen LogP contribution is -2.48. The quantitative estimate of drug-likeness (QED) is 0.739. The van der Waals surface area contributed by atoms with Crippen LogP contribution in [0.5, 0.6) is 11.5 Å². The van der Waals surface area contributed by atoms with E-state index in [1.54, 1.807) is 4.90 Å². The van der Waals surface area contributed by atoms with E-state index >= 15 is 0 Å². The minimum Gasteiger partial charge on any atom is -0.504 e. The Morgan fingerprint density at radius 1 is 1.22 bits per heavy atom. The third-order valence-electron chi connectivity index (χ3n) is 2.93. The Kier molecular flexibility index (Phi) is 3.43. The average Bonchev–Trinajstić information content (AvgIpc) is 2.30. The van der Waals surface area contributed by atoms with E-state index in [9.17, 15) is 15.0 Å². The number of morpholine rings is 1. The zero-order valence-corrected chi connectivity index (χ0v) is 10.5. The van der Waals surface area contributed by atoms with E-state index in [2.05, 4.69) is 0 Å². The number of phenolic OH excluding ortho intramolecular Hbond substituents is 2. The number of amides is 1. The van der Waals surface area contributed by atoms with Crippen molar-refractivity contribution in [1.29, 1.82) is 0 Å². The van der Waals surface area contributed by atoms with Crippen molar-refractivity contribution >= 4 is 5.91 Å². The van der Waals surface area contributed by atoms with Crippen LogP contribution in [0.1, 0.15) is 24.2 Å². The van der Waals surface area contributed by atoms with Gasteiger partial charge in [0.15, 0.2) is 11.5 Å². The van der Waals surface area contributed by atoms with Crippen LogP contribution >= 0.6 is 0 Å². The number of rotatable bonds is 1. The molecule has 0 aliphatic carbocycles. The van der Waals surface area contributed by atoms with Crippen LogP contribution in [0.25, 0.3) is 0 Å². The molecule has 0 radical (unpaired) electrons. The Labute approximate surface area is 106 Å². The molecule has 5 heteroatoms. The number of ether oxygens (including phenoxy) is 1. The lowest BCUT2D eigenvalue weighted by molar-refractivity contribution is -0.0586. The molecule has 1 fully saturated rings. The van der Waals surface area contributed by atoms with Gasteiger partial charge in [0.05, 0.1) is 12.2 Å². The summed E-state index contributed by atoms with van der Waals surface area (Å²) in [4.78, 5) is 13.9. The first-order valence-corrected chi connectivity index (χ1v) is 5.94. The Bertz CT molecular complexity index is 450. The van der Waals surface area contributed by atoms with Gasteiger partial charge < -0.3 is 19.8 Å². The molecule has 18 heavy (non-hydrogen) atoms. The minimum absolute atomic E-state index is 0.00316. The highest BCUT2D eigenvalue weighted by molar-refractivity contribution is 5.95. The van der Waals surface area contributed by atoms with Gasteiger partial charge in [-0.3, -0.25) is 4.79 Å². The molecule has 1 aliphatic heterocycles. The van der Waals surface area contributed by atoms with E-state index in [0.717, 1.165) is 0 Å². The summed E-state index contributed by atoms with van der Waals surface area (Å²) in [6, 6.07) is 4.10. The van der Waals surface area contributed by atoms with E-state index in [-0.39, 0.29) is 29.6 Å². The van der Waals surface area contributed by atoms with E-state index in [1.165, 1.54) is 18.2 Å². The second kappa shape index (κ2) is 4.86. The maximum absolute atomic E-state index is 12.2. The van der Waals surface area contributed by atoms with Gasteiger partial charge in [-0.2, -0.15) is 0 Å². The van der Waals surface area contributed by atoms with Crippen molar-refractivity contribution in [1.82, 2.24) is 4.90 Å². The Balaban J connectivity index is 2.17. The number of benzene rings is 1. The molecule has 2 rings (SSSR count). The summed E-state index contributed by atoms with van der Waals surface area (Å²) in [5, 5.41) is 18.6. The van der Waals surface area contributed by atoms with Gasteiger partial charge in [0.2, 0.25) is 0 Å². The highest BCUT2D eigenvalue weighted by atomic mass is 16.5. The number of nitrogens with zero attached hydrogens (tertiary/aromatic N) is 1. The number of carbonyl (C=O) groups excluding carboxylic acids is 1. The number of hydrogen-bond donors (Lipinski definition) is 2. The zero-order chi connectivity index (χ0) is 13.3. The highest BCUT2D eigenvalue weighted by Crippen LogP contribution is 2.26. The van der Waals surface area contributed by atoms with Crippen molar-refractivity contribution < 1.29 is 19.7 Å². The molecule has 2 atom stereocenters. The molecule has 0 aromatic heterocycles. The largest absolute Gasteiger partial charge is 0.504 e. The van der Waals surface area contributed by atoms with E-state index in [4.69, 9.17) is 4.74 Å². The standard InChI is InChI=1S/C13H17NO4/c1-8-6-14(7-9(2)18-8)13(17)10-3-4-11(15)12(16)5-10/h3-5,8-9,15-16H,6-7H2,1-2H3/t8-,9+. The van der Waals surface area contributed by atoms with Gasteiger partial charge in [-0.1, -0.05) is 0 Å². The van der Waals surface area contributed by atoms with Crippen LogP contribution < -0.4 is 0 Å².